The maximum atomic E-state index is 5.65. The van der Waals surface area contributed by atoms with Gasteiger partial charge in [-0.3, -0.25) is 0 Å². The lowest BCUT2D eigenvalue weighted by Crippen LogP contribution is -2.08. The van der Waals surface area contributed by atoms with Gasteiger partial charge < -0.3 is 9.47 Å². The first-order chi connectivity index (χ1) is 9.11. The van der Waals surface area contributed by atoms with Crippen LogP contribution in [0.15, 0.2) is 35.9 Å². The lowest BCUT2D eigenvalue weighted by Gasteiger charge is -2.21. The number of rotatable bonds is 5. The molecule has 0 heterocycles. The molecule has 3 heteroatoms. The third-order valence-corrected chi connectivity index (χ3v) is 4.17. The zero-order chi connectivity index (χ0) is 13.8. The number of ether oxygens (including phenoxy) is 2. The van der Waals surface area contributed by atoms with Gasteiger partial charge >= 0.3 is 0 Å². The fraction of sp³-hybridized carbons (Fsp3) is 0.375. The van der Waals surface area contributed by atoms with Crippen LogP contribution >= 0.6 is 15.9 Å². The van der Waals surface area contributed by atoms with Crippen molar-refractivity contribution in [1.82, 2.24) is 0 Å². The third kappa shape index (κ3) is 3.48. The van der Waals surface area contributed by atoms with Crippen molar-refractivity contribution in [3.05, 3.63) is 47.1 Å². The van der Waals surface area contributed by atoms with Crippen molar-refractivity contribution in [3.8, 4) is 5.75 Å². The van der Waals surface area contributed by atoms with E-state index in [4.69, 9.17) is 9.47 Å². The molecule has 0 aromatic heterocycles. The Bertz CT molecular complexity index is 517. The molecule has 0 spiro atoms. The highest BCUT2D eigenvalue weighted by atomic mass is 79.9. The van der Waals surface area contributed by atoms with Crippen molar-refractivity contribution >= 4 is 20.4 Å². The van der Waals surface area contributed by atoms with Crippen LogP contribution < -0.4 is 4.74 Å². The molecular formula is C16H19BrO2. The topological polar surface area (TPSA) is 18.5 Å². The van der Waals surface area contributed by atoms with E-state index in [0.29, 0.717) is 13.2 Å². The molecule has 2 rings (SSSR count). The minimum atomic E-state index is 0.624. The summed E-state index contributed by atoms with van der Waals surface area (Å²) >= 11 is 3.70. The van der Waals surface area contributed by atoms with Crippen LogP contribution in [0.1, 0.15) is 24.5 Å². The molecule has 1 aromatic carbocycles. The average molecular weight is 323 g/mol. The number of methoxy groups -OCH3 is 1. The van der Waals surface area contributed by atoms with E-state index < -0.39 is 0 Å². The molecule has 0 atom stereocenters. The molecule has 1 aliphatic rings. The van der Waals surface area contributed by atoms with Crippen molar-refractivity contribution in [1.29, 1.82) is 0 Å². The molecule has 0 bridgehead atoms. The fourth-order valence-corrected chi connectivity index (χ4v) is 2.89. The van der Waals surface area contributed by atoms with E-state index in [0.717, 1.165) is 28.6 Å². The number of fused-ring (bicyclic) bond motifs is 1. The maximum absolute atomic E-state index is 5.65. The van der Waals surface area contributed by atoms with Crippen molar-refractivity contribution in [2.45, 2.75) is 19.8 Å². The van der Waals surface area contributed by atoms with E-state index in [2.05, 4.69) is 34.6 Å². The summed E-state index contributed by atoms with van der Waals surface area (Å²) in [7, 11) is 1.70. The molecule has 102 valence electrons. The first kappa shape index (κ1) is 14.4. The van der Waals surface area contributed by atoms with Crippen LogP contribution in [-0.4, -0.2) is 20.3 Å². The summed E-state index contributed by atoms with van der Waals surface area (Å²) in [6.07, 6.45) is 2.06. The van der Waals surface area contributed by atoms with Crippen molar-refractivity contribution in [3.63, 3.8) is 0 Å². The summed E-state index contributed by atoms with van der Waals surface area (Å²) in [4.78, 5) is 0. The smallest absolute Gasteiger partial charge is 0.119 e. The Morgan fingerprint density at radius 1 is 1.37 bits per heavy atom. The van der Waals surface area contributed by atoms with Gasteiger partial charge in [0.2, 0.25) is 0 Å². The van der Waals surface area contributed by atoms with E-state index >= 15 is 0 Å². The van der Waals surface area contributed by atoms with Gasteiger partial charge in [0.1, 0.15) is 5.75 Å². The number of halogens is 1. The monoisotopic (exact) mass is 322 g/mol. The lowest BCUT2D eigenvalue weighted by atomic mass is 9.92. The SMILES string of the molecule is C=C(C)COCC1=C(Br)c2ccc(OC)cc2CC1. The van der Waals surface area contributed by atoms with Gasteiger partial charge in [-0.1, -0.05) is 28.1 Å². The summed E-state index contributed by atoms with van der Waals surface area (Å²) in [6.45, 7) is 7.11. The van der Waals surface area contributed by atoms with Gasteiger partial charge in [0.25, 0.3) is 0 Å². The van der Waals surface area contributed by atoms with Crippen molar-refractivity contribution < 1.29 is 9.47 Å². The van der Waals surface area contributed by atoms with Gasteiger partial charge in [-0.2, -0.15) is 0 Å². The normalized spacial score (nSPS) is 14.3. The Labute approximate surface area is 123 Å². The van der Waals surface area contributed by atoms with Crippen LogP contribution in [0.5, 0.6) is 5.75 Å². The highest BCUT2D eigenvalue weighted by Gasteiger charge is 2.17. The number of hydrogen-bond donors (Lipinski definition) is 0. The van der Waals surface area contributed by atoms with Gasteiger partial charge in [0, 0.05) is 4.48 Å². The van der Waals surface area contributed by atoms with E-state index in [-0.39, 0.29) is 0 Å². The predicted molar refractivity (Wildman–Crippen MR) is 82.8 cm³/mol. The lowest BCUT2D eigenvalue weighted by molar-refractivity contribution is 0.178. The van der Waals surface area contributed by atoms with E-state index in [9.17, 15) is 0 Å². The Hall–Kier alpha value is -1.06. The van der Waals surface area contributed by atoms with Crippen molar-refractivity contribution in [2.24, 2.45) is 0 Å². The van der Waals surface area contributed by atoms with Crippen LogP contribution in [0, 0.1) is 0 Å². The molecule has 2 nitrogen and oxygen atoms in total. The minimum Gasteiger partial charge on any atom is -0.497 e. The fourth-order valence-electron chi connectivity index (χ4n) is 2.19. The maximum Gasteiger partial charge on any atom is 0.119 e. The molecule has 0 N–H and O–H groups in total. The first-order valence-corrected chi connectivity index (χ1v) is 7.18. The predicted octanol–water partition coefficient (Wildman–Crippen LogP) is 4.34. The first-order valence-electron chi connectivity index (χ1n) is 6.38. The van der Waals surface area contributed by atoms with Crippen LogP contribution in [0.2, 0.25) is 0 Å². The van der Waals surface area contributed by atoms with Gasteiger partial charge in [-0.25, -0.2) is 0 Å². The second kappa shape index (κ2) is 6.40. The van der Waals surface area contributed by atoms with E-state index in [1.807, 2.05) is 13.0 Å². The van der Waals surface area contributed by atoms with Crippen LogP contribution in [-0.2, 0) is 11.2 Å². The molecule has 1 aliphatic carbocycles. The molecular weight excluding hydrogens is 304 g/mol. The van der Waals surface area contributed by atoms with Crippen molar-refractivity contribution in [2.75, 3.05) is 20.3 Å². The minimum absolute atomic E-state index is 0.624. The van der Waals surface area contributed by atoms with Gasteiger partial charge in [0.15, 0.2) is 0 Å². The van der Waals surface area contributed by atoms with Crippen LogP contribution in [0.3, 0.4) is 0 Å². The number of benzene rings is 1. The molecule has 0 saturated carbocycles. The molecule has 19 heavy (non-hydrogen) atoms. The Balaban J connectivity index is 2.15. The van der Waals surface area contributed by atoms with Crippen LogP contribution in [0.25, 0.3) is 4.48 Å². The summed E-state index contributed by atoms with van der Waals surface area (Å²) in [5, 5.41) is 0. The molecule has 0 amide bonds. The summed E-state index contributed by atoms with van der Waals surface area (Å²) in [5.74, 6) is 0.918. The van der Waals surface area contributed by atoms with Gasteiger partial charge in [0.05, 0.1) is 20.3 Å². The quantitative estimate of drug-likeness (QED) is 0.751. The Morgan fingerprint density at radius 3 is 2.84 bits per heavy atom. The molecule has 0 saturated heterocycles. The van der Waals surface area contributed by atoms with E-state index in [1.165, 1.54) is 16.7 Å². The summed E-state index contributed by atoms with van der Waals surface area (Å²) in [5.41, 5.74) is 4.95. The Morgan fingerprint density at radius 2 is 2.16 bits per heavy atom. The van der Waals surface area contributed by atoms with Gasteiger partial charge in [-0.05, 0) is 54.7 Å². The second-order valence-electron chi connectivity index (χ2n) is 4.89. The molecule has 0 radical (unpaired) electrons. The molecule has 0 aliphatic heterocycles. The van der Waals surface area contributed by atoms with Crippen LogP contribution in [0.4, 0.5) is 0 Å². The standard InChI is InChI=1S/C16H19BrO2/c1-11(2)9-19-10-13-5-4-12-8-14(18-3)6-7-15(12)16(13)17/h6-8H,1,4-5,9-10H2,2-3H3. The summed E-state index contributed by atoms with van der Waals surface area (Å²) < 4.78 is 12.1. The average Bonchev–Trinajstić information content (AvgIpc) is 2.40. The highest BCUT2D eigenvalue weighted by Crippen LogP contribution is 2.37. The number of hydrogen-bond acceptors (Lipinski definition) is 2. The zero-order valence-electron chi connectivity index (χ0n) is 11.5. The largest absolute Gasteiger partial charge is 0.497 e. The van der Waals surface area contributed by atoms with Gasteiger partial charge in [-0.15, -0.1) is 0 Å². The second-order valence-corrected chi connectivity index (χ2v) is 5.68. The molecule has 1 aromatic rings. The van der Waals surface area contributed by atoms with E-state index in [1.54, 1.807) is 7.11 Å². The summed E-state index contributed by atoms with van der Waals surface area (Å²) in [6, 6.07) is 6.22. The highest BCUT2D eigenvalue weighted by molar-refractivity contribution is 9.15. The molecule has 0 unspecified atom stereocenters. The Kier molecular flexibility index (Phi) is 4.83. The molecule has 0 fully saturated rings. The third-order valence-electron chi connectivity index (χ3n) is 3.18. The number of aryl methyl sites for hydroxylation is 1. The zero-order valence-corrected chi connectivity index (χ0v) is 13.0.